The van der Waals surface area contributed by atoms with Crippen LogP contribution in [0.2, 0.25) is 0 Å². The Kier molecular flexibility index (Phi) is 7.93. The van der Waals surface area contributed by atoms with E-state index >= 15 is 0 Å². The molecule has 8 nitrogen and oxygen atoms in total. The number of methoxy groups -OCH3 is 1. The van der Waals surface area contributed by atoms with Crippen LogP contribution in [0, 0.1) is 13.8 Å². The lowest BCUT2D eigenvalue weighted by atomic mass is 9.96. The fourth-order valence-corrected chi connectivity index (χ4v) is 5.69. The topological polar surface area (TPSA) is 88.5 Å². The Morgan fingerprint density at radius 2 is 1.75 bits per heavy atom. The Labute approximate surface area is 239 Å². The Morgan fingerprint density at radius 3 is 2.48 bits per heavy atom. The normalized spacial score (nSPS) is 16.5. The van der Waals surface area contributed by atoms with Crippen molar-refractivity contribution in [3.63, 3.8) is 0 Å². The van der Waals surface area contributed by atoms with E-state index in [-0.39, 0.29) is 24.4 Å². The number of hydrogen-bond donors (Lipinski definition) is 2. The molecule has 1 amide bonds. The van der Waals surface area contributed by atoms with Gasteiger partial charge in [0.2, 0.25) is 5.91 Å². The van der Waals surface area contributed by atoms with E-state index in [0.717, 1.165) is 34.0 Å². The van der Waals surface area contributed by atoms with Crippen LogP contribution in [0.5, 0.6) is 0 Å². The van der Waals surface area contributed by atoms with Crippen molar-refractivity contribution >= 4 is 34.9 Å². The van der Waals surface area contributed by atoms with E-state index in [9.17, 15) is 9.59 Å². The first-order valence-corrected chi connectivity index (χ1v) is 13.5. The average Bonchev–Trinajstić information content (AvgIpc) is 3.46. The van der Waals surface area contributed by atoms with Gasteiger partial charge in [-0.15, -0.1) is 0 Å². The molecule has 0 aliphatic carbocycles. The van der Waals surface area contributed by atoms with Crippen LogP contribution in [0.3, 0.4) is 0 Å². The quantitative estimate of drug-likeness (QED) is 0.227. The van der Waals surface area contributed by atoms with E-state index in [1.165, 1.54) is 7.11 Å². The Morgan fingerprint density at radius 1 is 1.02 bits per heavy atom. The number of para-hydroxylation sites is 2. The van der Waals surface area contributed by atoms with E-state index in [1.807, 2.05) is 80.6 Å². The summed E-state index contributed by atoms with van der Waals surface area (Å²) in [4.78, 5) is 32.1. The summed E-state index contributed by atoms with van der Waals surface area (Å²) in [7, 11) is 1.38. The second-order valence-corrected chi connectivity index (χ2v) is 10.0. The molecule has 0 bridgehead atoms. The largest absolute Gasteiger partial charge is 0.465 e. The highest BCUT2D eigenvalue weighted by atomic mass is 32.1. The van der Waals surface area contributed by atoms with Gasteiger partial charge in [-0.2, -0.15) is 0 Å². The number of ether oxygens (including phenoxy) is 1. The molecule has 5 rings (SSSR count). The van der Waals surface area contributed by atoms with Crippen LogP contribution in [0.4, 0.5) is 5.69 Å². The van der Waals surface area contributed by atoms with Crippen LogP contribution in [0.25, 0.3) is 5.69 Å². The van der Waals surface area contributed by atoms with E-state index < -0.39 is 5.97 Å². The van der Waals surface area contributed by atoms with Gasteiger partial charge in [-0.25, -0.2) is 4.79 Å². The summed E-state index contributed by atoms with van der Waals surface area (Å²) in [6, 6.07) is 24.3. The molecule has 1 fully saturated rings. The van der Waals surface area contributed by atoms with Gasteiger partial charge in [0.05, 0.1) is 36.1 Å². The first kappa shape index (κ1) is 27.1. The average molecular weight is 554 g/mol. The van der Waals surface area contributed by atoms with Crippen molar-refractivity contribution < 1.29 is 14.3 Å². The van der Waals surface area contributed by atoms with Gasteiger partial charge in [0.25, 0.3) is 0 Å². The van der Waals surface area contributed by atoms with E-state index in [4.69, 9.17) is 17.0 Å². The van der Waals surface area contributed by atoms with Gasteiger partial charge in [-0.05, 0) is 74.1 Å². The minimum absolute atomic E-state index is 0.0912. The van der Waals surface area contributed by atoms with Crippen LogP contribution in [-0.2, 0) is 9.53 Å². The summed E-state index contributed by atoms with van der Waals surface area (Å²) in [5, 5.41) is 6.98. The number of esters is 1. The predicted molar refractivity (Wildman–Crippen MR) is 158 cm³/mol. The number of aromatic nitrogens is 2. The summed E-state index contributed by atoms with van der Waals surface area (Å²) in [6.07, 6.45) is 2.02. The van der Waals surface area contributed by atoms with Crippen molar-refractivity contribution in [3.8, 4) is 5.69 Å². The highest BCUT2D eigenvalue weighted by Gasteiger charge is 2.41. The Bertz CT molecular complexity index is 1540. The number of anilines is 1. The second-order valence-electron chi connectivity index (χ2n) is 9.65. The number of hydrogen-bond acceptors (Lipinski definition) is 5. The smallest absolute Gasteiger partial charge is 0.339 e. The molecule has 2 N–H and O–H groups in total. The number of carbonyl (C=O) groups excluding carboxylic acids is 2. The zero-order chi connectivity index (χ0) is 28.2. The Balaban J connectivity index is 1.52. The third-order valence-corrected chi connectivity index (χ3v) is 7.53. The van der Waals surface area contributed by atoms with E-state index in [1.54, 1.807) is 12.3 Å². The first-order valence-electron chi connectivity index (χ1n) is 13.1. The number of aryl methyl sites for hydroxylation is 1. The minimum Gasteiger partial charge on any atom is -0.465 e. The maximum Gasteiger partial charge on any atom is 0.339 e. The van der Waals surface area contributed by atoms with Gasteiger partial charge < -0.3 is 24.8 Å². The zero-order valence-corrected chi connectivity index (χ0v) is 23.4. The molecule has 0 unspecified atom stereocenters. The molecular weight excluding hydrogens is 522 g/mol. The molecule has 3 heterocycles. The van der Waals surface area contributed by atoms with Crippen LogP contribution in [-0.4, -0.2) is 45.1 Å². The number of nitrogens with one attached hydrogen (secondary N) is 2. The standard InChI is InChI=1S/C31H31N5O3S/c1-20-19-24(21(2)36(20)26-15-8-7-13-23(26)30(38)39-3)29-28(25-14-9-10-17-32-25)34-31(40)35(29)18-16-27(37)33-22-11-5-4-6-12-22/h4-15,17,19,28-29H,16,18H2,1-3H3,(H,33,37)(H,34,40)/t28-,29+/m1/s1. The van der Waals surface area contributed by atoms with Crippen molar-refractivity contribution in [2.45, 2.75) is 32.4 Å². The lowest BCUT2D eigenvalue weighted by Gasteiger charge is -2.28. The number of thiocarbonyl (C=S) groups is 1. The SMILES string of the molecule is COC(=O)c1ccccc1-n1c(C)cc([C@H]2[C@@H](c3ccccn3)NC(=S)N2CCC(=O)Nc2ccccc2)c1C. The summed E-state index contributed by atoms with van der Waals surface area (Å²) in [5.41, 5.74) is 5.79. The molecule has 1 aliphatic heterocycles. The maximum absolute atomic E-state index is 12.8. The van der Waals surface area contributed by atoms with Crippen molar-refractivity contribution in [2.24, 2.45) is 0 Å². The molecule has 2 aromatic heterocycles. The fourth-order valence-electron chi connectivity index (χ4n) is 5.36. The summed E-state index contributed by atoms with van der Waals surface area (Å²) >= 11 is 5.81. The van der Waals surface area contributed by atoms with E-state index in [2.05, 4.69) is 31.2 Å². The van der Waals surface area contributed by atoms with Crippen LogP contribution >= 0.6 is 12.2 Å². The van der Waals surface area contributed by atoms with Gasteiger partial charge in [-0.3, -0.25) is 9.78 Å². The third kappa shape index (κ3) is 5.33. The van der Waals surface area contributed by atoms with Crippen LogP contribution < -0.4 is 10.6 Å². The van der Waals surface area contributed by atoms with Crippen LogP contribution in [0.1, 0.15) is 51.5 Å². The van der Waals surface area contributed by atoms with Crippen molar-refractivity contribution in [1.29, 1.82) is 0 Å². The summed E-state index contributed by atoms with van der Waals surface area (Å²) in [5.74, 6) is -0.489. The summed E-state index contributed by atoms with van der Waals surface area (Å²) < 4.78 is 7.12. The van der Waals surface area contributed by atoms with E-state index in [0.29, 0.717) is 17.2 Å². The zero-order valence-electron chi connectivity index (χ0n) is 22.6. The van der Waals surface area contributed by atoms with Gasteiger partial charge in [0, 0.05) is 36.2 Å². The molecule has 4 aromatic rings. The Hall–Kier alpha value is -4.50. The predicted octanol–water partition coefficient (Wildman–Crippen LogP) is 5.28. The number of rotatable bonds is 8. The number of pyridine rings is 1. The molecule has 2 atom stereocenters. The highest BCUT2D eigenvalue weighted by molar-refractivity contribution is 7.80. The molecule has 0 saturated carbocycles. The number of nitrogens with zero attached hydrogens (tertiary/aromatic N) is 3. The number of carbonyl (C=O) groups is 2. The molecule has 1 aliphatic rings. The highest BCUT2D eigenvalue weighted by Crippen LogP contribution is 2.41. The molecule has 1 saturated heterocycles. The van der Waals surface area contributed by atoms with Gasteiger partial charge >= 0.3 is 5.97 Å². The first-order chi connectivity index (χ1) is 19.4. The number of benzene rings is 2. The van der Waals surface area contributed by atoms with Crippen molar-refractivity contribution in [2.75, 3.05) is 19.0 Å². The maximum atomic E-state index is 12.8. The van der Waals surface area contributed by atoms with Crippen LogP contribution in [0.15, 0.2) is 85.1 Å². The van der Waals surface area contributed by atoms with Gasteiger partial charge in [-0.1, -0.05) is 36.4 Å². The summed E-state index contributed by atoms with van der Waals surface area (Å²) in [6.45, 7) is 4.47. The molecule has 9 heteroatoms. The number of amides is 1. The van der Waals surface area contributed by atoms with Gasteiger partial charge in [0.1, 0.15) is 0 Å². The molecule has 204 valence electrons. The van der Waals surface area contributed by atoms with Crippen molar-refractivity contribution in [1.82, 2.24) is 19.8 Å². The second kappa shape index (κ2) is 11.7. The molecule has 2 aromatic carbocycles. The lowest BCUT2D eigenvalue weighted by Crippen LogP contribution is -2.32. The monoisotopic (exact) mass is 553 g/mol. The lowest BCUT2D eigenvalue weighted by molar-refractivity contribution is -0.116. The fraction of sp³-hybridized carbons (Fsp3) is 0.226. The molecule has 0 spiro atoms. The van der Waals surface area contributed by atoms with Gasteiger partial charge in [0.15, 0.2) is 5.11 Å². The molecule has 40 heavy (non-hydrogen) atoms. The molecular formula is C31H31N5O3S. The minimum atomic E-state index is -0.397. The van der Waals surface area contributed by atoms with Crippen molar-refractivity contribution in [3.05, 3.63) is 113 Å². The third-order valence-electron chi connectivity index (χ3n) is 7.17. The molecule has 0 radical (unpaired) electrons.